The third-order valence-corrected chi connectivity index (χ3v) is 2.27. The summed E-state index contributed by atoms with van der Waals surface area (Å²) in [5.74, 6) is 0.137. The number of hydrogen-bond donors (Lipinski definition) is 0. The van der Waals surface area contributed by atoms with Crippen molar-refractivity contribution in [3.05, 3.63) is 0 Å². The fourth-order valence-corrected chi connectivity index (χ4v) is 1.88. The Morgan fingerprint density at radius 2 is 2.00 bits per heavy atom. The van der Waals surface area contributed by atoms with Crippen LogP contribution in [0.25, 0.3) is 0 Å². The van der Waals surface area contributed by atoms with E-state index in [2.05, 4.69) is 18.7 Å². The summed E-state index contributed by atoms with van der Waals surface area (Å²) in [6.45, 7) is 8.87. The number of morpholine rings is 1. The summed E-state index contributed by atoms with van der Waals surface area (Å²) >= 11 is 0. The third-order valence-electron chi connectivity index (χ3n) is 2.27. The van der Waals surface area contributed by atoms with E-state index in [0.717, 1.165) is 25.9 Å². The van der Waals surface area contributed by atoms with Gasteiger partial charge >= 0.3 is 0 Å². The van der Waals surface area contributed by atoms with E-state index < -0.39 is 0 Å². The minimum absolute atomic E-state index is 0.137. The van der Waals surface area contributed by atoms with Crippen molar-refractivity contribution in [3.8, 4) is 0 Å². The molecule has 1 aliphatic rings. The van der Waals surface area contributed by atoms with Gasteiger partial charge in [-0.1, -0.05) is 6.92 Å². The van der Waals surface area contributed by atoms with Crippen molar-refractivity contribution >= 4 is 6.29 Å². The van der Waals surface area contributed by atoms with Crippen molar-refractivity contribution in [1.29, 1.82) is 0 Å². The van der Waals surface area contributed by atoms with Gasteiger partial charge in [0.15, 0.2) is 0 Å². The zero-order valence-corrected chi connectivity index (χ0v) is 8.69. The van der Waals surface area contributed by atoms with E-state index in [1.54, 1.807) is 0 Å². The van der Waals surface area contributed by atoms with E-state index in [0.29, 0.717) is 12.2 Å². The number of nitrogens with zero attached hydrogens (tertiary/aromatic N) is 1. The molecule has 0 aromatic rings. The standard InChI is InChI=1S/C10H19NO2/c1-8(7-12)4-11-5-9(2)13-10(3)6-11/h7-10H,4-6H2,1-3H3. The van der Waals surface area contributed by atoms with Crippen LogP contribution < -0.4 is 0 Å². The highest BCUT2D eigenvalue weighted by Crippen LogP contribution is 2.11. The molecule has 3 nitrogen and oxygen atoms in total. The summed E-state index contributed by atoms with van der Waals surface area (Å²) in [7, 11) is 0. The monoisotopic (exact) mass is 185 g/mol. The van der Waals surface area contributed by atoms with Crippen molar-refractivity contribution in [2.75, 3.05) is 19.6 Å². The second kappa shape index (κ2) is 4.72. The number of rotatable bonds is 3. The van der Waals surface area contributed by atoms with Gasteiger partial charge in [0.1, 0.15) is 6.29 Å². The Bertz CT molecular complexity index is 162. The molecule has 0 N–H and O–H groups in total. The number of hydrogen-bond acceptors (Lipinski definition) is 3. The molecule has 3 heteroatoms. The Morgan fingerprint density at radius 1 is 1.46 bits per heavy atom. The minimum Gasteiger partial charge on any atom is -0.373 e. The van der Waals surface area contributed by atoms with E-state index in [4.69, 9.17) is 4.74 Å². The first-order valence-electron chi connectivity index (χ1n) is 4.95. The predicted molar refractivity (Wildman–Crippen MR) is 51.7 cm³/mol. The minimum atomic E-state index is 0.137. The van der Waals surface area contributed by atoms with Gasteiger partial charge < -0.3 is 9.53 Å². The molecule has 1 heterocycles. The first kappa shape index (κ1) is 10.7. The van der Waals surface area contributed by atoms with Crippen molar-refractivity contribution < 1.29 is 9.53 Å². The molecule has 0 saturated carbocycles. The third kappa shape index (κ3) is 3.44. The van der Waals surface area contributed by atoms with E-state index in [9.17, 15) is 4.79 Å². The maximum Gasteiger partial charge on any atom is 0.124 e. The molecule has 0 bridgehead atoms. The largest absolute Gasteiger partial charge is 0.373 e. The van der Waals surface area contributed by atoms with Gasteiger partial charge in [-0.3, -0.25) is 4.90 Å². The molecule has 1 rings (SSSR count). The van der Waals surface area contributed by atoms with Crippen LogP contribution in [-0.4, -0.2) is 43.0 Å². The Morgan fingerprint density at radius 3 is 2.46 bits per heavy atom. The van der Waals surface area contributed by atoms with E-state index in [-0.39, 0.29) is 5.92 Å². The molecule has 76 valence electrons. The maximum atomic E-state index is 10.5. The number of carbonyl (C=O) groups is 1. The Hall–Kier alpha value is -0.410. The van der Waals surface area contributed by atoms with Crippen LogP contribution in [-0.2, 0) is 9.53 Å². The second-order valence-corrected chi connectivity index (χ2v) is 4.09. The molecule has 0 aromatic heterocycles. The molecule has 3 unspecified atom stereocenters. The van der Waals surface area contributed by atoms with Crippen LogP contribution >= 0.6 is 0 Å². The molecule has 0 aromatic carbocycles. The van der Waals surface area contributed by atoms with Crippen molar-refractivity contribution in [3.63, 3.8) is 0 Å². The summed E-state index contributed by atoms with van der Waals surface area (Å²) in [5, 5.41) is 0. The topological polar surface area (TPSA) is 29.5 Å². The Kier molecular flexibility index (Phi) is 3.88. The van der Waals surface area contributed by atoms with Crippen LogP contribution in [0.1, 0.15) is 20.8 Å². The first-order chi connectivity index (χ1) is 6.11. The van der Waals surface area contributed by atoms with E-state index >= 15 is 0 Å². The molecular formula is C10H19NO2. The van der Waals surface area contributed by atoms with Gasteiger partial charge in [0, 0.05) is 25.6 Å². The first-order valence-corrected chi connectivity index (χ1v) is 4.95. The summed E-state index contributed by atoms with van der Waals surface area (Å²) in [5.41, 5.74) is 0. The maximum absolute atomic E-state index is 10.5. The van der Waals surface area contributed by atoms with Crippen LogP contribution in [0.5, 0.6) is 0 Å². The normalized spacial score (nSPS) is 32.8. The van der Waals surface area contributed by atoms with Crippen molar-refractivity contribution in [2.45, 2.75) is 33.0 Å². The fourth-order valence-electron chi connectivity index (χ4n) is 1.88. The number of ether oxygens (including phenoxy) is 1. The molecule has 1 fully saturated rings. The number of aldehydes is 1. The van der Waals surface area contributed by atoms with Crippen molar-refractivity contribution in [2.24, 2.45) is 5.92 Å². The van der Waals surface area contributed by atoms with Crippen LogP contribution in [0.15, 0.2) is 0 Å². The van der Waals surface area contributed by atoms with Gasteiger partial charge in [0.25, 0.3) is 0 Å². The lowest BCUT2D eigenvalue weighted by Crippen LogP contribution is -2.46. The fraction of sp³-hybridized carbons (Fsp3) is 0.900. The summed E-state index contributed by atoms with van der Waals surface area (Å²) in [6.07, 6.45) is 1.61. The van der Waals surface area contributed by atoms with Gasteiger partial charge in [0.2, 0.25) is 0 Å². The summed E-state index contributed by atoms with van der Waals surface area (Å²) in [4.78, 5) is 12.8. The van der Waals surface area contributed by atoms with Gasteiger partial charge in [-0.15, -0.1) is 0 Å². The molecule has 1 saturated heterocycles. The van der Waals surface area contributed by atoms with Crippen LogP contribution in [0.2, 0.25) is 0 Å². The quantitative estimate of drug-likeness (QED) is 0.613. The Labute approximate surface area is 80.1 Å². The zero-order valence-electron chi connectivity index (χ0n) is 8.69. The lowest BCUT2D eigenvalue weighted by Gasteiger charge is -2.35. The van der Waals surface area contributed by atoms with Gasteiger partial charge in [-0.05, 0) is 13.8 Å². The van der Waals surface area contributed by atoms with Crippen LogP contribution in [0.4, 0.5) is 0 Å². The van der Waals surface area contributed by atoms with Crippen LogP contribution in [0, 0.1) is 5.92 Å². The summed E-state index contributed by atoms with van der Waals surface area (Å²) < 4.78 is 5.60. The molecule has 3 atom stereocenters. The lowest BCUT2D eigenvalue weighted by atomic mass is 10.1. The highest BCUT2D eigenvalue weighted by molar-refractivity contribution is 5.53. The smallest absolute Gasteiger partial charge is 0.124 e. The molecule has 1 aliphatic heterocycles. The highest BCUT2D eigenvalue weighted by Gasteiger charge is 2.22. The molecule has 0 amide bonds. The summed E-state index contributed by atoms with van der Waals surface area (Å²) in [6, 6.07) is 0. The van der Waals surface area contributed by atoms with E-state index in [1.807, 2.05) is 6.92 Å². The second-order valence-electron chi connectivity index (χ2n) is 4.09. The lowest BCUT2D eigenvalue weighted by molar-refractivity contribution is -0.113. The number of carbonyl (C=O) groups excluding carboxylic acids is 1. The van der Waals surface area contributed by atoms with E-state index in [1.165, 1.54) is 0 Å². The molecule has 0 aliphatic carbocycles. The zero-order chi connectivity index (χ0) is 9.84. The van der Waals surface area contributed by atoms with Gasteiger partial charge in [-0.2, -0.15) is 0 Å². The van der Waals surface area contributed by atoms with Gasteiger partial charge in [0.05, 0.1) is 12.2 Å². The molecule has 0 spiro atoms. The van der Waals surface area contributed by atoms with Crippen molar-refractivity contribution in [1.82, 2.24) is 4.90 Å². The predicted octanol–water partition coefficient (Wildman–Crippen LogP) is 0.931. The SMILES string of the molecule is CC(C=O)CN1CC(C)OC(C)C1. The Balaban J connectivity index is 2.36. The average molecular weight is 185 g/mol. The molecule has 0 radical (unpaired) electrons. The molecular weight excluding hydrogens is 166 g/mol. The molecule has 13 heavy (non-hydrogen) atoms. The van der Waals surface area contributed by atoms with Gasteiger partial charge in [-0.25, -0.2) is 0 Å². The highest BCUT2D eigenvalue weighted by atomic mass is 16.5. The average Bonchev–Trinajstić information content (AvgIpc) is 2.02. The van der Waals surface area contributed by atoms with Crippen LogP contribution in [0.3, 0.4) is 0 Å².